The molecule has 2 rings (SSSR count). The molecule has 1 aromatic heterocycles. The minimum absolute atomic E-state index is 0.0175. The van der Waals surface area contributed by atoms with Crippen LogP contribution in [0.1, 0.15) is 12.5 Å². The number of hydrogen-bond acceptors (Lipinski definition) is 5. The van der Waals surface area contributed by atoms with Crippen molar-refractivity contribution in [2.45, 2.75) is 6.92 Å². The number of rotatable bonds is 3. The summed E-state index contributed by atoms with van der Waals surface area (Å²) in [6.07, 6.45) is 1.39. The number of H-pyrrole nitrogens is 1. The summed E-state index contributed by atoms with van der Waals surface area (Å²) in [5, 5.41) is 10.0. The van der Waals surface area contributed by atoms with Crippen molar-refractivity contribution in [1.82, 2.24) is 10.2 Å². The van der Waals surface area contributed by atoms with Gasteiger partial charge in [0.15, 0.2) is 0 Å². The highest BCUT2D eigenvalue weighted by Gasteiger charge is 2.04. The Morgan fingerprint density at radius 3 is 2.79 bits per heavy atom. The third-order valence-electron chi connectivity index (χ3n) is 2.47. The first-order chi connectivity index (χ1) is 9.08. The monoisotopic (exact) mass is 277 g/mol. The van der Waals surface area contributed by atoms with Gasteiger partial charge in [-0.1, -0.05) is 23.7 Å². The van der Waals surface area contributed by atoms with Crippen LogP contribution in [0.15, 0.2) is 40.4 Å². The Bertz CT molecular complexity index is 663. The second-order valence-corrected chi connectivity index (χ2v) is 4.24. The van der Waals surface area contributed by atoms with Crippen LogP contribution >= 0.6 is 11.6 Å². The SMILES string of the molecule is C/C(=N/Nc1cn[nH]c(=O)c1Cl)c1ccc(N)cc1. The number of aromatic nitrogens is 2. The first-order valence-corrected chi connectivity index (χ1v) is 5.85. The van der Waals surface area contributed by atoms with E-state index in [1.165, 1.54) is 6.20 Å². The predicted octanol–water partition coefficient (Wildman–Crippen LogP) is 1.84. The van der Waals surface area contributed by atoms with Gasteiger partial charge in [-0.2, -0.15) is 10.2 Å². The third kappa shape index (κ3) is 3.11. The summed E-state index contributed by atoms with van der Waals surface area (Å²) in [4.78, 5) is 11.2. The van der Waals surface area contributed by atoms with Crippen LogP contribution in [0.4, 0.5) is 11.4 Å². The lowest BCUT2D eigenvalue weighted by atomic mass is 10.1. The highest BCUT2D eigenvalue weighted by Crippen LogP contribution is 2.14. The molecule has 0 radical (unpaired) electrons. The first kappa shape index (κ1) is 13.1. The molecular formula is C12H12ClN5O. The zero-order valence-electron chi connectivity index (χ0n) is 10.1. The lowest BCUT2D eigenvalue weighted by Gasteiger charge is -2.04. The van der Waals surface area contributed by atoms with E-state index in [9.17, 15) is 4.79 Å². The van der Waals surface area contributed by atoms with Crippen LogP contribution < -0.4 is 16.7 Å². The van der Waals surface area contributed by atoms with Crippen molar-refractivity contribution in [3.8, 4) is 0 Å². The molecular weight excluding hydrogens is 266 g/mol. The van der Waals surface area contributed by atoms with E-state index in [1.807, 2.05) is 19.1 Å². The van der Waals surface area contributed by atoms with Gasteiger partial charge in [0.05, 0.1) is 11.9 Å². The number of nitrogens with one attached hydrogen (secondary N) is 2. The van der Waals surface area contributed by atoms with Gasteiger partial charge in [0.25, 0.3) is 5.56 Å². The number of hydrazone groups is 1. The molecule has 1 aromatic carbocycles. The van der Waals surface area contributed by atoms with Crippen LogP contribution in [-0.4, -0.2) is 15.9 Å². The smallest absolute Gasteiger partial charge is 0.285 e. The molecule has 0 bridgehead atoms. The maximum absolute atomic E-state index is 11.2. The lowest BCUT2D eigenvalue weighted by molar-refractivity contribution is 0.986. The van der Waals surface area contributed by atoms with E-state index < -0.39 is 5.56 Å². The summed E-state index contributed by atoms with van der Waals surface area (Å²) in [5.41, 5.74) is 10.5. The van der Waals surface area contributed by atoms with Crippen molar-refractivity contribution in [1.29, 1.82) is 0 Å². The van der Waals surface area contributed by atoms with E-state index in [1.54, 1.807) is 12.1 Å². The minimum atomic E-state index is -0.466. The van der Waals surface area contributed by atoms with Crippen LogP contribution in [0.5, 0.6) is 0 Å². The molecule has 1 heterocycles. The Kier molecular flexibility index (Phi) is 3.82. The first-order valence-electron chi connectivity index (χ1n) is 5.47. The number of nitrogens with two attached hydrogens (primary N) is 1. The molecule has 4 N–H and O–H groups in total. The van der Waals surface area contributed by atoms with Gasteiger partial charge in [0, 0.05) is 5.69 Å². The van der Waals surface area contributed by atoms with Crippen molar-refractivity contribution in [3.63, 3.8) is 0 Å². The van der Waals surface area contributed by atoms with Gasteiger partial charge in [-0.25, -0.2) is 5.10 Å². The average Bonchev–Trinajstić information content (AvgIpc) is 2.41. The van der Waals surface area contributed by atoms with E-state index in [2.05, 4.69) is 20.7 Å². The van der Waals surface area contributed by atoms with E-state index in [-0.39, 0.29) is 5.02 Å². The normalized spacial score (nSPS) is 11.4. The van der Waals surface area contributed by atoms with Crippen LogP contribution in [0, 0.1) is 0 Å². The molecule has 0 aliphatic heterocycles. The third-order valence-corrected chi connectivity index (χ3v) is 2.84. The molecule has 2 aromatic rings. The molecule has 0 saturated carbocycles. The fourth-order valence-electron chi connectivity index (χ4n) is 1.39. The highest BCUT2D eigenvalue weighted by molar-refractivity contribution is 6.32. The lowest BCUT2D eigenvalue weighted by Crippen LogP contribution is -2.10. The highest BCUT2D eigenvalue weighted by atomic mass is 35.5. The fourth-order valence-corrected chi connectivity index (χ4v) is 1.53. The van der Waals surface area contributed by atoms with E-state index in [0.29, 0.717) is 11.4 Å². The summed E-state index contributed by atoms with van der Waals surface area (Å²) < 4.78 is 0. The Labute approximate surface area is 114 Å². The molecule has 0 spiro atoms. The summed E-state index contributed by atoms with van der Waals surface area (Å²) in [6.45, 7) is 1.83. The summed E-state index contributed by atoms with van der Waals surface area (Å²) in [7, 11) is 0. The topological polar surface area (TPSA) is 96.2 Å². The van der Waals surface area contributed by atoms with Gasteiger partial charge < -0.3 is 5.73 Å². The molecule has 6 nitrogen and oxygen atoms in total. The van der Waals surface area contributed by atoms with Crippen molar-refractivity contribution in [2.24, 2.45) is 5.10 Å². The van der Waals surface area contributed by atoms with Gasteiger partial charge in [-0.15, -0.1) is 0 Å². The molecule has 0 amide bonds. The molecule has 0 aliphatic rings. The summed E-state index contributed by atoms with van der Waals surface area (Å²) >= 11 is 5.81. The number of benzene rings is 1. The van der Waals surface area contributed by atoms with Gasteiger partial charge in [-0.3, -0.25) is 10.2 Å². The number of nitrogens with zero attached hydrogens (tertiary/aromatic N) is 2. The Balaban J connectivity index is 2.20. The molecule has 19 heavy (non-hydrogen) atoms. The molecule has 7 heteroatoms. The van der Waals surface area contributed by atoms with Crippen molar-refractivity contribution in [3.05, 3.63) is 51.4 Å². The predicted molar refractivity (Wildman–Crippen MR) is 76.6 cm³/mol. The van der Waals surface area contributed by atoms with Crippen molar-refractivity contribution >= 4 is 28.7 Å². The molecule has 98 valence electrons. The van der Waals surface area contributed by atoms with E-state index in [4.69, 9.17) is 17.3 Å². The Morgan fingerprint density at radius 1 is 1.42 bits per heavy atom. The zero-order valence-corrected chi connectivity index (χ0v) is 10.9. The number of nitrogen functional groups attached to an aromatic ring is 1. The Hall–Kier alpha value is -2.34. The fraction of sp³-hybridized carbons (Fsp3) is 0.0833. The van der Waals surface area contributed by atoms with Crippen LogP contribution in [0.2, 0.25) is 5.02 Å². The van der Waals surface area contributed by atoms with Crippen molar-refractivity contribution in [2.75, 3.05) is 11.2 Å². The number of aromatic amines is 1. The average molecular weight is 278 g/mol. The maximum atomic E-state index is 11.2. The van der Waals surface area contributed by atoms with E-state index >= 15 is 0 Å². The Morgan fingerprint density at radius 2 is 2.11 bits per heavy atom. The van der Waals surface area contributed by atoms with Crippen molar-refractivity contribution < 1.29 is 0 Å². The molecule has 0 aliphatic carbocycles. The number of halogens is 1. The molecule has 0 fully saturated rings. The van der Waals surface area contributed by atoms with Gasteiger partial charge in [0.2, 0.25) is 0 Å². The second-order valence-electron chi connectivity index (χ2n) is 3.86. The summed E-state index contributed by atoms with van der Waals surface area (Å²) in [5.74, 6) is 0. The molecule has 0 saturated heterocycles. The van der Waals surface area contributed by atoms with Crippen LogP contribution in [-0.2, 0) is 0 Å². The van der Waals surface area contributed by atoms with Gasteiger partial charge >= 0.3 is 0 Å². The maximum Gasteiger partial charge on any atom is 0.285 e. The molecule has 0 unspecified atom stereocenters. The largest absolute Gasteiger partial charge is 0.399 e. The van der Waals surface area contributed by atoms with Crippen LogP contribution in [0.3, 0.4) is 0 Å². The quantitative estimate of drug-likeness (QED) is 0.453. The van der Waals surface area contributed by atoms with E-state index in [0.717, 1.165) is 11.3 Å². The number of anilines is 2. The summed E-state index contributed by atoms with van der Waals surface area (Å²) in [6, 6.07) is 7.28. The standard InChI is InChI=1S/C12H12ClN5O/c1-7(8-2-4-9(14)5-3-8)16-17-10-6-15-18-12(19)11(10)13/h2-6H,14H2,1H3,(H2,17,18,19)/b16-7-. The van der Waals surface area contributed by atoms with Gasteiger partial charge in [0.1, 0.15) is 10.7 Å². The minimum Gasteiger partial charge on any atom is -0.399 e. The zero-order chi connectivity index (χ0) is 13.8. The molecule has 0 atom stereocenters. The van der Waals surface area contributed by atoms with Crippen LogP contribution in [0.25, 0.3) is 0 Å². The number of hydrogen-bond donors (Lipinski definition) is 3. The van der Waals surface area contributed by atoms with Gasteiger partial charge in [-0.05, 0) is 24.6 Å². The second kappa shape index (κ2) is 5.53.